The molecule has 0 bridgehead atoms. The van der Waals surface area contributed by atoms with E-state index in [9.17, 15) is 0 Å². The topological polar surface area (TPSA) is 54.7 Å². The Bertz CT molecular complexity index is 293. The first-order valence-corrected chi connectivity index (χ1v) is 5.41. The van der Waals surface area contributed by atoms with Crippen molar-refractivity contribution >= 4 is 0 Å². The molecule has 1 aliphatic carbocycles. The summed E-state index contributed by atoms with van der Waals surface area (Å²) in [5, 5.41) is 0. The Morgan fingerprint density at radius 3 is 2.93 bits per heavy atom. The van der Waals surface area contributed by atoms with Gasteiger partial charge in [0, 0.05) is 12.4 Å². The van der Waals surface area contributed by atoms with E-state index in [1.165, 1.54) is 12.8 Å². The quantitative estimate of drug-likeness (QED) is 0.717. The smallest absolute Gasteiger partial charge is 0.126 e. The first-order chi connectivity index (χ1) is 6.63. The highest BCUT2D eigenvalue weighted by atomic mass is 15.0. The number of H-pyrrole nitrogens is 1. The zero-order valence-electron chi connectivity index (χ0n) is 8.96. The molecule has 1 saturated carbocycles. The molecule has 3 N–H and O–H groups in total. The Morgan fingerprint density at radius 2 is 2.29 bits per heavy atom. The average Bonchev–Trinajstić information content (AvgIpc) is 2.65. The summed E-state index contributed by atoms with van der Waals surface area (Å²) < 4.78 is 0. The summed E-state index contributed by atoms with van der Waals surface area (Å²) in [6.45, 7) is 4.50. The minimum Gasteiger partial charge on any atom is -0.347 e. The molecule has 1 aromatic heterocycles. The van der Waals surface area contributed by atoms with Crippen molar-refractivity contribution < 1.29 is 0 Å². The Morgan fingerprint density at radius 1 is 1.50 bits per heavy atom. The monoisotopic (exact) mass is 193 g/mol. The summed E-state index contributed by atoms with van der Waals surface area (Å²) in [5.74, 6) is 2.18. The van der Waals surface area contributed by atoms with E-state index < -0.39 is 0 Å². The standard InChI is InChI=1S/C11H19N3/c1-8-3-4-9(2)11(12,7-8)10-13-5-6-14-10/h5-6,8-9H,3-4,7,12H2,1-2H3,(H,13,14)/t8-,9+,11-/m1/s1. The molecule has 78 valence electrons. The number of aromatic nitrogens is 2. The summed E-state index contributed by atoms with van der Waals surface area (Å²) in [6.07, 6.45) is 7.19. The lowest BCUT2D eigenvalue weighted by Gasteiger charge is -2.40. The summed E-state index contributed by atoms with van der Waals surface area (Å²) in [6, 6.07) is 0. The van der Waals surface area contributed by atoms with Crippen molar-refractivity contribution in [2.45, 2.75) is 38.6 Å². The van der Waals surface area contributed by atoms with Crippen molar-refractivity contribution in [1.82, 2.24) is 9.97 Å². The van der Waals surface area contributed by atoms with Crippen molar-refractivity contribution in [1.29, 1.82) is 0 Å². The Kier molecular flexibility index (Phi) is 2.35. The van der Waals surface area contributed by atoms with Gasteiger partial charge in [-0.15, -0.1) is 0 Å². The summed E-state index contributed by atoms with van der Waals surface area (Å²) in [7, 11) is 0. The van der Waals surface area contributed by atoms with Crippen molar-refractivity contribution in [2.24, 2.45) is 17.6 Å². The Balaban J connectivity index is 2.28. The van der Waals surface area contributed by atoms with Crippen molar-refractivity contribution in [2.75, 3.05) is 0 Å². The number of nitrogens with zero attached hydrogens (tertiary/aromatic N) is 1. The maximum Gasteiger partial charge on any atom is 0.126 e. The fraction of sp³-hybridized carbons (Fsp3) is 0.727. The molecule has 0 aliphatic heterocycles. The van der Waals surface area contributed by atoms with Crippen LogP contribution >= 0.6 is 0 Å². The molecular weight excluding hydrogens is 174 g/mol. The number of nitrogens with two attached hydrogens (primary N) is 1. The number of nitrogens with one attached hydrogen (secondary N) is 1. The third-order valence-electron chi connectivity index (χ3n) is 3.60. The van der Waals surface area contributed by atoms with Crippen LogP contribution in [0.25, 0.3) is 0 Å². The van der Waals surface area contributed by atoms with Gasteiger partial charge in [-0.1, -0.05) is 20.3 Å². The molecule has 1 heterocycles. The van der Waals surface area contributed by atoms with E-state index in [0.29, 0.717) is 11.8 Å². The van der Waals surface area contributed by atoms with Crippen LogP contribution in [0.1, 0.15) is 38.9 Å². The van der Waals surface area contributed by atoms with Gasteiger partial charge >= 0.3 is 0 Å². The lowest BCUT2D eigenvalue weighted by Crippen LogP contribution is -2.48. The molecule has 14 heavy (non-hydrogen) atoms. The third-order valence-corrected chi connectivity index (χ3v) is 3.60. The molecule has 3 atom stereocenters. The fourth-order valence-corrected chi connectivity index (χ4v) is 2.52. The second-order valence-electron chi connectivity index (χ2n) is 4.77. The van der Waals surface area contributed by atoms with E-state index in [0.717, 1.165) is 12.2 Å². The van der Waals surface area contributed by atoms with Crippen LogP contribution in [-0.4, -0.2) is 9.97 Å². The van der Waals surface area contributed by atoms with Crippen LogP contribution in [0, 0.1) is 11.8 Å². The molecule has 0 amide bonds. The molecule has 1 fully saturated rings. The number of hydrogen-bond donors (Lipinski definition) is 2. The largest absolute Gasteiger partial charge is 0.347 e. The van der Waals surface area contributed by atoms with Gasteiger partial charge in [0.15, 0.2) is 0 Å². The number of aromatic amines is 1. The summed E-state index contributed by atoms with van der Waals surface area (Å²) in [5.41, 5.74) is 6.23. The van der Waals surface area contributed by atoms with Crippen LogP contribution in [-0.2, 0) is 5.54 Å². The maximum atomic E-state index is 6.46. The van der Waals surface area contributed by atoms with E-state index >= 15 is 0 Å². The molecule has 0 unspecified atom stereocenters. The van der Waals surface area contributed by atoms with Crippen LogP contribution in [0.5, 0.6) is 0 Å². The SMILES string of the molecule is C[C@@H]1CC[C@H](C)[C@@](N)(c2ncc[nH]2)C1. The normalized spacial score (nSPS) is 38.5. The summed E-state index contributed by atoms with van der Waals surface area (Å²) >= 11 is 0. The first kappa shape index (κ1) is 9.71. The highest BCUT2D eigenvalue weighted by Crippen LogP contribution is 2.40. The third kappa shape index (κ3) is 1.46. The maximum absolute atomic E-state index is 6.46. The molecule has 1 aromatic rings. The van der Waals surface area contributed by atoms with E-state index in [4.69, 9.17) is 5.73 Å². The van der Waals surface area contributed by atoms with Crippen LogP contribution in [0.2, 0.25) is 0 Å². The highest BCUT2D eigenvalue weighted by molar-refractivity contribution is 5.09. The van der Waals surface area contributed by atoms with Gasteiger partial charge in [0.05, 0.1) is 5.54 Å². The molecule has 1 aliphatic rings. The zero-order valence-corrected chi connectivity index (χ0v) is 8.96. The number of hydrogen-bond acceptors (Lipinski definition) is 2. The van der Waals surface area contributed by atoms with Crippen molar-refractivity contribution in [3.8, 4) is 0 Å². The number of imidazole rings is 1. The minimum absolute atomic E-state index is 0.235. The zero-order chi connectivity index (χ0) is 10.2. The van der Waals surface area contributed by atoms with E-state index in [2.05, 4.69) is 23.8 Å². The predicted octanol–water partition coefficient (Wildman–Crippen LogP) is 2.02. The molecule has 0 radical (unpaired) electrons. The highest BCUT2D eigenvalue weighted by Gasteiger charge is 2.40. The van der Waals surface area contributed by atoms with Gasteiger partial charge < -0.3 is 10.7 Å². The molecule has 3 nitrogen and oxygen atoms in total. The molecule has 0 spiro atoms. The van der Waals surface area contributed by atoms with E-state index in [-0.39, 0.29) is 5.54 Å². The van der Waals surface area contributed by atoms with Gasteiger partial charge in [-0.25, -0.2) is 4.98 Å². The van der Waals surface area contributed by atoms with Crippen LogP contribution < -0.4 is 5.73 Å². The predicted molar refractivity (Wildman–Crippen MR) is 56.6 cm³/mol. The lowest BCUT2D eigenvalue weighted by atomic mass is 9.70. The van der Waals surface area contributed by atoms with Crippen molar-refractivity contribution in [3.05, 3.63) is 18.2 Å². The lowest BCUT2D eigenvalue weighted by molar-refractivity contribution is 0.153. The molecule has 0 saturated heterocycles. The number of rotatable bonds is 1. The fourth-order valence-electron chi connectivity index (χ4n) is 2.52. The molecule has 0 aromatic carbocycles. The Hall–Kier alpha value is -0.830. The first-order valence-electron chi connectivity index (χ1n) is 5.41. The molecule has 3 heteroatoms. The second-order valence-corrected chi connectivity index (χ2v) is 4.77. The van der Waals surface area contributed by atoms with Crippen LogP contribution in [0.15, 0.2) is 12.4 Å². The van der Waals surface area contributed by atoms with Crippen LogP contribution in [0.4, 0.5) is 0 Å². The summed E-state index contributed by atoms with van der Waals surface area (Å²) in [4.78, 5) is 7.48. The van der Waals surface area contributed by atoms with Gasteiger partial charge in [-0.05, 0) is 24.7 Å². The van der Waals surface area contributed by atoms with E-state index in [1.54, 1.807) is 6.20 Å². The van der Waals surface area contributed by atoms with Gasteiger partial charge in [0.2, 0.25) is 0 Å². The van der Waals surface area contributed by atoms with Gasteiger partial charge in [0.1, 0.15) is 5.82 Å². The molecular formula is C11H19N3. The van der Waals surface area contributed by atoms with Gasteiger partial charge in [0.25, 0.3) is 0 Å². The van der Waals surface area contributed by atoms with Gasteiger partial charge in [-0.3, -0.25) is 0 Å². The van der Waals surface area contributed by atoms with Gasteiger partial charge in [-0.2, -0.15) is 0 Å². The Labute approximate surface area is 85.1 Å². The average molecular weight is 193 g/mol. The van der Waals surface area contributed by atoms with Crippen molar-refractivity contribution in [3.63, 3.8) is 0 Å². The van der Waals surface area contributed by atoms with Crippen LogP contribution in [0.3, 0.4) is 0 Å². The minimum atomic E-state index is -0.235. The van der Waals surface area contributed by atoms with E-state index in [1.807, 2.05) is 6.20 Å². The molecule has 2 rings (SSSR count). The second kappa shape index (κ2) is 3.39.